The molecule has 0 unspecified atom stereocenters. The molecule has 1 heterocycles. The number of guanidine groups is 1. The van der Waals surface area contributed by atoms with Crippen molar-refractivity contribution < 1.29 is 14.2 Å². The second kappa shape index (κ2) is 11.2. The molecular formula is C24H32N4O3. The molecule has 166 valence electrons. The van der Waals surface area contributed by atoms with Crippen molar-refractivity contribution in [1.82, 2.24) is 10.6 Å². The molecular weight excluding hydrogens is 392 g/mol. The average molecular weight is 425 g/mol. The van der Waals surface area contributed by atoms with Crippen molar-refractivity contribution in [2.24, 2.45) is 4.99 Å². The summed E-state index contributed by atoms with van der Waals surface area (Å²) in [6, 6.07) is 12.4. The van der Waals surface area contributed by atoms with Gasteiger partial charge in [0.15, 0.2) is 17.5 Å². The zero-order valence-electron chi connectivity index (χ0n) is 18.8. The lowest BCUT2D eigenvalue weighted by Gasteiger charge is -2.19. The number of hydrogen-bond donors (Lipinski definition) is 2. The van der Waals surface area contributed by atoms with Crippen molar-refractivity contribution >= 4 is 11.6 Å². The number of aliphatic imine (C=N–C) groups is 1. The van der Waals surface area contributed by atoms with E-state index in [2.05, 4.69) is 58.9 Å². The molecule has 7 nitrogen and oxygen atoms in total. The third kappa shape index (κ3) is 5.84. The number of nitrogens with zero attached hydrogens (tertiary/aromatic N) is 2. The van der Waals surface area contributed by atoms with E-state index in [1.807, 2.05) is 12.1 Å². The molecule has 31 heavy (non-hydrogen) atoms. The van der Waals surface area contributed by atoms with Gasteiger partial charge < -0.3 is 29.7 Å². The Kier molecular flexibility index (Phi) is 8.04. The quantitative estimate of drug-likeness (QED) is 0.366. The maximum atomic E-state index is 5.44. The van der Waals surface area contributed by atoms with Gasteiger partial charge in [0.25, 0.3) is 0 Å². The minimum absolute atomic E-state index is 0.478. The van der Waals surface area contributed by atoms with Crippen molar-refractivity contribution in [1.29, 1.82) is 0 Å². The fourth-order valence-corrected chi connectivity index (χ4v) is 3.48. The van der Waals surface area contributed by atoms with Gasteiger partial charge in [0.05, 0.1) is 27.9 Å². The van der Waals surface area contributed by atoms with Crippen LogP contribution in [0.4, 0.5) is 5.69 Å². The fourth-order valence-electron chi connectivity index (χ4n) is 3.48. The van der Waals surface area contributed by atoms with Gasteiger partial charge in [-0.2, -0.15) is 0 Å². The van der Waals surface area contributed by atoms with E-state index < -0.39 is 0 Å². The number of benzene rings is 2. The molecule has 2 aromatic carbocycles. The predicted molar refractivity (Wildman–Crippen MR) is 126 cm³/mol. The molecule has 1 aliphatic heterocycles. The third-order valence-electron chi connectivity index (χ3n) is 5.04. The number of ether oxygens (including phenoxy) is 3. The number of nitrogens with one attached hydrogen (secondary N) is 2. The molecule has 0 aromatic heterocycles. The van der Waals surface area contributed by atoms with Crippen LogP contribution >= 0.6 is 0 Å². The Morgan fingerprint density at radius 3 is 2.26 bits per heavy atom. The summed E-state index contributed by atoms with van der Waals surface area (Å²) < 4.78 is 16.3. The van der Waals surface area contributed by atoms with Crippen LogP contribution in [0.3, 0.4) is 0 Å². The highest BCUT2D eigenvalue weighted by atomic mass is 16.5. The lowest BCUT2D eigenvalue weighted by molar-refractivity contribution is 0.324. The molecule has 0 bridgehead atoms. The standard InChI is InChI=1S/C24H32N4O3/c1-5-25-24(26-16-18-9-8-10-20(13-18)28-11-6-7-12-28)27-17-19-14-21(29-2)23(31-4)22(15-19)30-3/h6-10,13-15H,5,11-12,16-17H2,1-4H3,(H2,25,26,27). The van der Waals surface area contributed by atoms with Gasteiger partial charge in [-0.25, -0.2) is 4.99 Å². The zero-order valence-corrected chi connectivity index (χ0v) is 18.8. The van der Waals surface area contributed by atoms with Gasteiger partial charge in [0, 0.05) is 31.9 Å². The summed E-state index contributed by atoms with van der Waals surface area (Å²) in [5.41, 5.74) is 3.42. The van der Waals surface area contributed by atoms with Crippen molar-refractivity contribution in [3.05, 3.63) is 59.7 Å². The summed E-state index contributed by atoms with van der Waals surface area (Å²) in [6.45, 7) is 5.94. The predicted octanol–water partition coefficient (Wildman–Crippen LogP) is 3.34. The molecule has 0 amide bonds. The lowest BCUT2D eigenvalue weighted by Crippen LogP contribution is -2.36. The number of hydrogen-bond acceptors (Lipinski definition) is 5. The van der Waals surface area contributed by atoms with Crippen LogP contribution in [0.5, 0.6) is 17.2 Å². The van der Waals surface area contributed by atoms with Gasteiger partial charge in [-0.1, -0.05) is 24.3 Å². The monoisotopic (exact) mass is 424 g/mol. The third-order valence-corrected chi connectivity index (χ3v) is 5.04. The first kappa shape index (κ1) is 22.3. The largest absolute Gasteiger partial charge is 0.493 e. The van der Waals surface area contributed by atoms with Crippen molar-refractivity contribution in [2.75, 3.05) is 45.9 Å². The molecule has 2 aromatic rings. The van der Waals surface area contributed by atoms with Crippen LogP contribution in [0.1, 0.15) is 18.1 Å². The second-order valence-electron chi connectivity index (χ2n) is 7.13. The Hall–Kier alpha value is -3.35. The van der Waals surface area contributed by atoms with Gasteiger partial charge in [0.1, 0.15) is 0 Å². The van der Waals surface area contributed by atoms with Crippen LogP contribution in [-0.2, 0) is 13.1 Å². The van der Waals surface area contributed by atoms with E-state index in [9.17, 15) is 0 Å². The first-order valence-electron chi connectivity index (χ1n) is 10.5. The molecule has 2 N–H and O–H groups in total. The summed E-state index contributed by atoms with van der Waals surface area (Å²) in [7, 11) is 4.82. The normalized spacial score (nSPS) is 13.3. The first-order chi connectivity index (χ1) is 15.2. The van der Waals surface area contributed by atoms with Crippen LogP contribution in [-0.4, -0.2) is 46.9 Å². The molecule has 0 radical (unpaired) electrons. The highest BCUT2D eigenvalue weighted by Gasteiger charge is 2.13. The van der Waals surface area contributed by atoms with E-state index in [4.69, 9.17) is 19.2 Å². The average Bonchev–Trinajstić information content (AvgIpc) is 3.35. The van der Waals surface area contributed by atoms with Crippen molar-refractivity contribution in [3.63, 3.8) is 0 Å². The molecule has 0 spiro atoms. The van der Waals surface area contributed by atoms with E-state index in [0.29, 0.717) is 30.3 Å². The maximum absolute atomic E-state index is 5.44. The van der Waals surface area contributed by atoms with E-state index in [-0.39, 0.29) is 0 Å². The van der Waals surface area contributed by atoms with Crippen LogP contribution in [0.25, 0.3) is 0 Å². The molecule has 1 aliphatic rings. The number of rotatable bonds is 9. The van der Waals surface area contributed by atoms with Gasteiger partial charge in [-0.05, 0) is 42.3 Å². The summed E-state index contributed by atoms with van der Waals surface area (Å²) in [5, 5.41) is 6.73. The topological polar surface area (TPSA) is 67.4 Å². The van der Waals surface area contributed by atoms with Crippen LogP contribution in [0, 0.1) is 0 Å². The molecule has 0 atom stereocenters. The summed E-state index contributed by atoms with van der Waals surface area (Å²) in [6.07, 6.45) is 4.40. The molecule has 0 aliphatic carbocycles. The molecule has 3 rings (SSSR count). The first-order valence-corrected chi connectivity index (χ1v) is 10.5. The SMILES string of the molecule is CCNC(=NCc1cc(OC)c(OC)c(OC)c1)NCc1cccc(N2CC=CC2)c1. The van der Waals surface area contributed by atoms with Crippen molar-refractivity contribution in [3.8, 4) is 17.2 Å². The Morgan fingerprint density at radius 2 is 1.65 bits per heavy atom. The maximum Gasteiger partial charge on any atom is 0.203 e. The van der Waals surface area contributed by atoms with Gasteiger partial charge >= 0.3 is 0 Å². The van der Waals surface area contributed by atoms with Crippen LogP contribution < -0.4 is 29.7 Å². The summed E-state index contributed by atoms with van der Waals surface area (Å²) >= 11 is 0. The zero-order chi connectivity index (χ0) is 22.1. The summed E-state index contributed by atoms with van der Waals surface area (Å²) in [5.74, 6) is 2.58. The highest BCUT2D eigenvalue weighted by Crippen LogP contribution is 2.38. The minimum Gasteiger partial charge on any atom is -0.493 e. The van der Waals surface area contributed by atoms with Gasteiger partial charge in [-0.3, -0.25) is 0 Å². The van der Waals surface area contributed by atoms with Gasteiger partial charge in [0.2, 0.25) is 5.75 Å². The molecule has 0 saturated heterocycles. The Labute approximate surface area is 184 Å². The van der Waals surface area contributed by atoms with Gasteiger partial charge in [-0.15, -0.1) is 0 Å². The van der Waals surface area contributed by atoms with Crippen LogP contribution in [0.15, 0.2) is 53.5 Å². The summed E-state index contributed by atoms with van der Waals surface area (Å²) in [4.78, 5) is 7.07. The number of methoxy groups -OCH3 is 3. The second-order valence-corrected chi connectivity index (χ2v) is 7.13. The lowest BCUT2D eigenvalue weighted by atomic mass is 10.2. The van der Waals surface area contributed by atoms with E-state index in [0.717, 1.165) is 31.2 Å². The molecule has 0 saturated carbocycles. The van der Waals surface area contributed by atoms with E-state index >= 15 is 0 Å². The highest BCUT2D eigenvalue weighted by molar-refractivity contribution is 5.79. The minimum atomic E-state index is 0.478. The molecule has 0 fully saturated rings. The van der Waals surface area contributed by atoms with E-state index in [1.165, 1.54) is 11.3 Å². The van der Waals surface area contributed by atoms with Crippen LogP contribution in [0.2, 0.25) is 0 Å². The Balaban J connectivity index is 1.69. The Morgan fingerprint density at radius 1 is 0.935 bits per heavy atom. The smallest absolute Gasteiger partial charge is 0.203 e. The molecule has 7 heteroatoms. The number of anilines is 1. The van der Waals surface area contributed by atoms with Crippen molar-refractivity contribution in [2.45, 2.75) is 20.0 Å². The Bertz CT molecular complexity index is 894. The fraction of sp³-hybridized carbons (Fsp3) is 0.375. The van der Waals surface area contributed by atoms with E-state index in [1.54, 1.807) is 21.3 Å².